The van der Waals surface area contributed by atoms with E-state index in [4.69, 9.17) is 16.3 Å². The number of methoxy groups -OCH3 is 1. The molecule has 3 aromatic carbocycles. The van der Waals surface area contributed by atoms with Crippen LogP contribution in [0.1, 0.15) is 23.1 Å². The predicted octanol–water partition coefficient (Wildman–Crippen LogP) is 5.60. The van der Waals surface area contributed by atoms with E-state index in [1.165, 1.54) is 36.4 Å². The van der Waals surface area contributed by atoms with Crippen molar-refractivity contribution >= 4 is 45.0 Å². The summed E-state index contributed by atoms with van der Waals surface area (Å²) >= 11 is 7.98. The van der Waals surface area contributed by atoms with Crippen LogP contribution in [0.4, 0.5) is 5.69 Å². The second-order valence-electron chi connectivity index (χ2n) is 8.32. The maximum atomic E-state index is 13.6. The molecule has 0 aliphatic carbocycles. The SMILES string of the molecule is COc1ccc(Cl)cc1N(CC(=O)NCCCSCc1ccccc1C)S(=O)(=O)c1ccc(C)cc1. The number of ether oxygens (including phenoxy) is 1. The Hall–Kier alpha value is -2.68. The summed E-state index contributed by atoms with van der Waals surface area (Å²) in [5.74, 6) is 1.69. The summed E-state index contributed by atoms with van der Waals surface area (Å²) in [5, 5.41) is 3.18. The van der Waals surface area contributed by atoms with Gasteiger partial charge in [0.2, 0.25) is 5.91 Å². The van der Waals surface area contributed by atoms with Crippen LogP contribution in [0.5, 0.6) is 5.75 Å². The zero-order valence-corrected chi connectivity index (χ0v) is 23.0. The molecular weight excluding hydrogens is 516 g/mol. The van der Waals surface area contributed by atoms with Crippen molar-refractivity contribution in [2.75, 3.05) is 30.3 Å². The number of aryl methyl sites for hydroxylation is 2. The lowest BCUT2D eigenvalue weighted by Gasteiger charge is -2.26. The van der Waals surface area contributed by atoms with E-state index in [1.54, 1.807) is 36.0 Å². The Labute approximate surface area is 223 Å². The van der Waals surface area contributed by atoms with Gasteiger partial charge in [0.05, 0.1) is 17.7 Å². The predicted molar refractivity (Wildman–Crippen MR) is 149 cm³/mol. The molecule has 0 atom stereocenters. The van der Waals surface area contributed by atoms with Crippen molar-refractivity contribution in [3.63, 3.8) is 0 Å². The molecule has 0 fully saturated rings. The Bertz CT molecular complexity index is 1280. The van der Waals surface area contributed by atoms with Crippen LogP contribution >= 0.6 is 23.4 Å². The molecule has 0 aliphatic heterocycles. The molecule has 3 aromatic rings. The van der Waals surface area contributed by atoms with E-state index >= 15 is 0 Å². The molecule has 0 saturated carbocycles. The number of amides is 1. The number of thioether (sulfide) groups is 1. The second kappa shape index (κ2) is 13.0. The number of hydrogen-bond donors (Lipinski definition) is 1. The average Bonchev–Trinajstić information content (AvgIpc) is 2.86. The van der Waals surface area contributed by atoms with Crippen molar-refractivity contribution in [3.05, 3.63) is 88.4 Å². The van der Waals surface area contributed by atoms with Gasteiger partial charge in [-0.1, -0.05) is 53.6 Å². The number of benzene rings is 3. The molecule has 0 aliphatic rings. The molecule has 1 amide bonds. The minimum absolute atomic E-state index is 0.0792. The number of halogens is 1. The Morgan fingerprint density at radius 3 is 2.47 bits per heavy atom. The zero-order valence-electron chi connectivity index (χ0n) is 20.7. The summed E-state index contributed by atoms with van der Waals surface area (Å²) in [6.45, 7) is 4.02. The third-order valence-electron chi connectivity index (χ3n) is 5.61. The van der Waals surface area contributed by atoms with Crippen LogP contribution in [-0.4, -0.2) is 40.3 Å². The van der Waals surface area contributed by atoms with E-state index in [9.17, 15) is 13.2 Å². The van der Waals surface area contributed by atoms with Gasteiger partial charge in [0.1, 0.15) is 12.3 Å². The molecule has 0 aromatic heterocycles. The van der Waals surface area contributed by atoms with Gasteiger partial charge >= 0.3 is 0 Å². The first-order valence-electron chi connectivity index (χ1n) is 11.5. The van der Waals surface area contributed by atoms with E-state index in [2.05, 4.69) is 24.4 Å². The van der Waals surface area contributed by atoms with Gasteiger partial charge < -0.3 is 10.1 Å². The number of hydrogen-bond acceptors (Lipinski definition) is 5. The van der Waals surface area contributed by atoms with Crippen molar-refractivity contribution in [2.45, 2.75) is 30.9 Å². The van der Waals surface area contributed by atoms with Crippen LogP contribution in [0.3, 0.4) is 0 Å². The minimum atomic E-state index is -4.06. The van der Waals surface area contributed by atoms with Gasteiger partial charge in [-0.2, -0.15) is 11.8 Å². The number of nitrogens with zero attached hydrogens (tertiary/aromatic N) is 1. The fourth-order valence-electron chi connectivity index (χ4n) is 3.54. The van der Waals surface area contributed by atoms with Crippen LogP contribution in [0, 0.1) is 13.8 Å². The van der Waals surface area contributed by atoms with E-state index in [0.29, 0.717) is 17.3 Å². The first kappa shape index (κ1) is 27.9. The fraction of sp³-hybridized carbons (Fsp3) is 0.296. The Balaban J connectivity index is 1.67. The molecule has 9 heteroatoms. The van der Waals surface area contributed by atoms with Crippen molar-refractivity contribution in [1.82, 2.24) is 5.32 Å². The van der Waals surface area contributed by atoms with Crippen LogP contribution in [0.2, 0.25) is 5.02 Å². The topological polar surface area (TPSA) is 75.7 Å². The van der Waals surface area contributed by atoms with Crippen molar-refractivity contribution in [2.24, 2.45) is 0 Å². The van der Waals surface area contributed by atoms with E-state index in [-0.39, 0.29) is 10.6 Å². The fourth-order valence-corrected chi connectivity index (χ4v) is 6.16. The van der Waals surface area contributed by atoms with Gasteiger partial charge in [-0.3, -0.25) is 9.10 Å². The number of anilines is 1. The summed E-state index contributed by atoms with van der Waals surface area (Å²) in [4.78, 5) is 12.9. The van der Waals surface area contributed by atoms with Gasteiger partial charge in [-0.15, -0.1) is 0 Å². The average molecular weight is 547 g/mol. The van der Waals surface area contributed by atoms with Crippen LogP contribution in [0.15, 0.2) is 71.6 Å². The third-order valence-corrected chi connectivity index (χ3v) is 8.71. The van der Waals surface area contributed by atoms with Crippen LogP contribution < -0.4 is 14.4 Å². The van der Waals surface area contributed by atoms with Crippen LogP contribution in [-0.2, 0) is 20.6 Å². The highest BCUT2D eigenvalue weighted by atomic mass is 35.5. The van der Waals surface area contributed by atoms with E-state index < -0.39 is 22.5 Å². The summed E-state index contributed by atoms with van der Waals surface area (Å²) in [6, 6.07) is 19.4. The lowest BCUT2D eigenvalue weighted by Crippen LogP contribution is -2.41. The molecular formula is C27H31ClN2O4S2. The first-order chi connectivity index (χ1) is 17.2. The maximum absolute atomic E-state index is 13.6. The largest absolute Gasteiger partial charge is 0.495 e. The second-order valence-corrected chi connectivity index (χ2v) is 11.7. The smallest absolute Gasteiger partial charge is 0.264 e. The quantitative estimate of drug-likeness (QED) is 0.299. The minimum Gasteiger partial charge on any atom is -0.495 e. The highest BCUT2D eigenvalue weighted by Gasteiger charge is 2.29. The molecule has 0 bridgehead atoms. The number of sulfonamides is 1. The Morgan fingerprint density at radius 1 is 1.06 bits per heavy atom. The highest BCUT2D eigenvalue weighted by molar-refractivity contribution is 7.98. The van der Waals surface area contributed by atoms with Gasteiger partial charge in [-0.25, -0.2) is 8.42 Å². The van der Waals surface area contributed by atoms with Crippen molar-refractivity contribution in [1.29, 1.82) is 0 Å². The molecule has 0 spiro atoms. The number of rotatable bonds is 12. The number of carbonyl (C=O) groups excluding carboxylic acids is 1. The van der Waals surface area contributed by atoms with Crippen LogP contribution in [0.25, 0.3) is 0 Å². The van der Waals surface area contributed by atoms with E-state index in [1.807, 2.05) is 19.1 Å². The van der Waals surface area contributed by atoms with Gasteiger partial charge in [0.15, 0.2) is 0 Å². The molecule has 3 rings (SSSR count). The molecule has 192 valence electrons. The number of carbonyl (C=O) groups is 1. The molecule has 0 heterocycles. The summed E-state index contributed by atoms with van der Waals surface area (Å²) < 4.78 is 33.6. The monoisotopic (exact) mass is 546 g/mol. The normalized spacial score (nSPS) is 11.2. The lowest BCUT2D eigenvalue weighted by atomic mass is 10.1. The van der Waals surface area contributed by atoms with Crippen molar-refractivity contribution < 1.29 is 17.9 Å². The molecule has 0 unspecified atom stereocenters. The van der Waals surface area contributed by atoms with Gasteiger partial charge in [0, 0.05) is 17.3 Å². The standard InChI is InChI=1S/C27H31ClN2O4S2/c1-20-9-12-24(13-10-20)36(32,33)30(25-17-23(28)11-14-26(25)34-3)18-27(31)29-15-6-16-35-19-22-8-5-4-7-21(22)2/h4-5,7-14,17H,6,15-16,18-19H2,1-3H3,(H,29,31). The Kier molecular flexibility index (Phi) is 10.1. The lowest BCUT2D eigenvalue weighted by molar-refractivity contribution is -0.119. The first-order valence-corrected chi connectivity index (χ1v) is 14.5. The molecule has 36 heavy (non-hydrogen) atoms. The summed E-state index contributed by atoms with van der Waals surface area (Å²) in [5.41, 5.74) is 3.71. The summed E-state index contributed by atoms with van der Waals surface area (Å²) in [7, 11) is -2.62. The zero-order chi connectivity index (χ0) is 26.1. The molecule has 0 saturated heterocycles. The number of nitrogens with one attached hydrogen (secondary N) is 1. The Morgan fingerprint density at radius 2 is 1.78 bits per heavy atom. The van der Waals surface area contributed by atoms with E-state index in [0.717, 1.165) is 27.8 Å². The molecule has 6 nitrogen and oxygen atoms in total. The van der Waals surface area contributed by atoms with Gasteiger partial charge in [-0.05, 0) is 67.5 Å². The molecule has 0 radical (unpaired) electrons. The molecule has 1 N–H and O–H groups in total. The van der Waals surface area contributed by atoms with Crippen molar-refractivity contribution in [3.8, 4) is 5.75 Å². The van der Waals surface area contributed by atoms with Gasteiger partial charge in [0.25, 0.3) is 10.0 Å². The maximum Gasteiger partial charge on any atom is 0.264 e. The third kappa shape index (κ3) is 7.41. The highest BCUT2D eigenvalue weighted by Crippen LogP contribution is 2.34. The summed E-state index contributed by atoms with van der Waals surface area (Å²) in [6.07, 6.45) is 0.771.